The largest absolute Gasteiger partial charge is 0.385 e. The van der Waals surface area contributed by atoms with Gasteiger partial charge in [0.2, 0.25) is 5.91 Å². The Labute approximate surface area is 81.1 Å². The monoisotopic (exact) mass is 187 g/mol. The maximum Gasteiger partial charge on any atom is 0.219 e. The third-order valence-electron chi connectivity index (χ3n) is 1.92. The highest BCUT2D eigenvalue weighted by molar-refractivity contribution is 5.74. The molecule has 3 heteroatoms. The van der Waals surface area contributed by atoms with E-state index >= 15 is 0 Å². The zero-order chi connectivity index (χ0) is 10.5. The van der Waals surface area contributed by atoms with Gasteiger partial charge in [-0.05, 0) is 27.2 Å². The van der Waals surface area contributed by atoms with Crippen molar-refractivity contribution in [3.05, 3.63) is 0 Å². The predicted molar refractivity (Wildman–Crippen MR) is 53.6 cm³/mol. The van der Waals surface area contributed by atoms with Crippen molar-refractivity contribution in [1.82, 2.24) is 4.90 Å². The van der Waals surface area contributed by atoms with Gasteiger partial charge in [-0.15, -0.1) is 0 Å². The Hall–Kier alpha value is -0.570. The summed E-state index contributed by atoms with van der Waals surface area (Å²) in [5.74, 6) is 0.128. The van der Waals surface area contributed by atoms with Crippen molar-refractivity contribution in [1.29, 1.82) is 0 Å². The highest BCUT2D eigenvalue weighted by atomic mass is 16.5. The number of ether oxygens (including phenoxy) is 1. The van der Waals surface area contributed by atoms with Crippen molar-refractivity contribution in [3.63, 3.8) is 0 Å². The lowest BCUT2D eigenvalue weighted by atomic mass is 10.1. The summed E-state index contributed by atoms with van der Waals surface area (Å²) in [6.07, 6.45) is 0.896. The fourth-order valence-electron chi connectivity index (χ4n) is 1.33. The number of carbonyl (C=O) groups excluding carboxylic acids is 1. The van der Waals surface area contributed by atoms with Gasteiger partial charge in [-0.1, -0.05) is 0 Å². The number of methoxy groups -OCH3 is 1. The molecule has 78 valence electrons. The van der Waals surface area contributed by atoms with Crippen LogP contribution in [0.5, 0.6) is 0 Å². The first-order valence-corrected chi connectivity index (χ1v) is 4.66. The molecule has 0 radical (unpaired) electrons. The SMILES string of the molecule is COCCCN(C(C)=O)C(C)(C)C. The lowest BCUT2D eigenvalue weighted by molar-refractivity contribution is -0.133. The molecule has 3 nitrogen and oxygen atoms in total. The Bertz CT molecular complexity index is 161. The van der Waals surface area contributed by atoms with Gasteiger partial charge in [0, 0.05) is 32.7 Å². The minimum Gasteiger partial charge on any atom is -0.385 e. The summed E-state index contributed by atoms with van der Waals surface area (Å²) >= 11 is 0. The number of carbonyl (C=O) groups is 1. The molecule has 0 aromatic heterocycles. The van der Waals surface area contributed by atoms with Gasteiger partial charge in [-0.3, -0.25) is 4.79 Å². The van der Waals surface area contributed by atoms with E-state index in [-0.39, 0.29) is 11.4 Å². The quantitative estimate of drug-likeness (QED) is 0.627. The Balaban J connectivity index is 4.04. The molecule has 0 aromatic carbocycles. The van der Waals surface area contributed by atoms with Crippen LogP contribution < -0.4 is 0 Å². The fraction of sp³-hybridized carbons (Fsp3) is 0.900. The maximum absolute atomic E-state index is 11.3. The molecule has 0 fully saturated rings. The molecule has 0 heterocycles. The summed E-state index contributed by atoms with van der Waals surface area (Å²) in [5.41, 5.74) is -0.0838. The molecular formula is C10H21NO2. The van der Waals surface area contributed by atoms with Crippen molar-refractivity contribution >= 4 is 5.91 Å². The van der Waals surface area contributed by atoms with Crippen LogP contribution in [0.3, 0.4) is 0 Å². The normalized spacial score (nSPS) is 11.5. The molecule has 0 saturated heterocycles. The molecular weight excluding hydrogens is 166 g/mol. The lowest BCUT2D eigenvalue weighted by Crippen LogP contribution is -2.45. The summed E-state index contributed by atoms with van der Waals surface area (Å²) in [5, 5.41) is 0. The molecule has 0 saturated carbocycles. The second kappa shape index (κ2) is 5.22. The van der Waals surface area contributed by atoms with E-state index in [0.717, 1.165) is 13.0 Å². The molecule has 0 N–H and O–H groups in total. The van der Waals surface area contributed by atoms with Crippen LogP contribution in [-0.2, 0) is 9.53 Å². The molecule has 1 amide bonds. The topological polar surface area (TPSA) is 29.5 Å². The Morgan fingerprint density at radius 1 is 1.38 bits per heavy atom. The Kier molecular flexibility index (Phi) is 4.99. The van der Waals surface area contributed by atoms with Crippen LogP contribution in [0.4, 0.5) is 0 Å². The number of amides is 1. The minimum atomic E-state index is -0.0838. The summed E-state index contributed by atoms with van der Waals surface area (Å²) in [6.45, 7) is 9.22. The molecule has 0 aromatic rings. The van der Waals surface area contributed by atoms with Crippen LogP contribution in [0.15, 0.2) is 0 Å². The first-order chi connectivity index (χ1) is 5.89. The van der Waals surface area contributed by atoms with Crippen molar-refractivity contribution < 1.29 is 9.53 Å². The van der Waals surface area contributed by atoms with Gasteiger partial charge in [-0.2, -0.15) is 0 Å². The van der Waals surface area contributed by atoms with Crippen LogP contribution in [0.25, 0.3) is 0 Å². The molecule has 0 rings (SSSR count). The van der Waals surface area contributed by atoms with Crippen LogP contribution in [0.1, 0.15) is 34.1 Å². The van der Waals surface area contributed by atoms with E-state index in [9.17, 15) is 4.79 Å². The van der Waals surface area contributed by atoms with E-state index in [1.165, 1.54) is 0 Å². The van der Waals surface area contributed by atoms with Gasteiger partial charge in [0.05, 0.1) is 0 Å². The van der Waals surface area contributed by atoms with Crippen molar-refractivity contribution in [2.75, 3.05) is 20.3 Å². The first-order valence-electron chi connectivity index (χ1n) is 4.66. The number of rotatable bonds is 4. The molecule has 13 heavy (non-hydrogen) atoms. The third kappa shape index (κ3) is 4.88. The molecule has 0 spiro atoms. The second-order valence-electron chi connectivity index (χ2n) is 4.19. The van der Waals surface area contributed by atoms with E-state index in [1.54, 1.807) is 14.0 Å². The van der Waals surface area contributed by atoms with E-state index < -0.39 is 0 Å². The van der Waals surface area contributed by atoms with Gasteiger partial charge in [0.25, 0.3) is 0 Å². The molecule has 0 unspecified atom stereocenters. The summed E-state index contributed by atoms with van der Waals surface area (Å²) < 4.78 is 4.95. The van der Waals surface area contributed by atoms with Gasteiger partial charge in [0.1, 0.15) is 0 Å². The van der Waals surface area contributed by atoms with Crippen molar-refractivity contribution in [2.24, 2.45) is 0 Å². The molecule has 0 atom stereocenters. The van der Waals surface area contributed by atoms with E-state index in [4.69, 9.17) is 4.74 Å². The number of hydrogen-bond donors (Lipinski definition) is 0. The van der Waals surface area contributed by atoms with Crippen LogP contribution in [-0.4, -0.2) is 36.6 Å². The zero-order valence-corrected chi connectivity index (χ0v) is 9.39. The Morgan fingerprint density at radius 2 is 1.92 bits per heavy atom. The molecule has 0 aliphatic heterocycles. The van der Waals surface area contributed by atoms with E-state index in [0.29, 0.717) is 6.61 Å². The van der Waals surface area contributed by atoms with Gasteiger partial charge < -0.3 is 9.64 Å². The van der Waals surface area contributed by atoms with E-state index in [2.05, 4.69) is 0 Å². The standard InChI is InChI=1S/C10H21NO2/c1-9(12)11(10(2,3)4)7-6-8-13-5/h6-8H2,1-5H3. The maximum atomic E-state index is 11.3. The number of hydrogen-bond acceptors (Lipinski definition) is 2. The summed E-state index contributed by atoms with van der Waals surface area (Å²) in [4.78, 5) is 13.1. The van der Waals surface area contributed by atoms with Crippen LogP contribution in [0.2, 0.25) is 0 Å². The van der Waals surface area contributed by atoms with Gasteiger partial charge in [0.15, 0.2) is 0 Å². The van der Waals surface area contributed by atoms with Crippen LogP contribution >= 0.6 is 0 Å². The highest BCUT2D eigenvalue weighted by Gasteiger charge is 2.22. The predicted octanol–water partition coefficient (Wildman–Crippen LogP) is 1.67. The fourth-order valence-corrected chi connectivity index (χ4v) is 1.33. The van der Waals surface area contributed by atoms with Gasteiger partial charge in [-0.25, -0.2) is 0 Å². The second-order valence-corrected chi connectivity index (χ2v) is 4.19. The van der Waals surface area contributed by atoms with E-state index in [1.807, 2.05) is 25.7 Å². The molecule has 0 aliphatic rings. The average molecular weight is 187 g/mol. The van der Waals surface area contributed by atoms with Gasteiger partial charge >= 0.3 is 0 Å². The highest BCUT2D eigenvalue weighted by Crippen LogP contribution is 2.13. The molecule has 0 bridgehead atoms. The smallest absolute Gasteiger partial charge is 0.219 e. The number of nitrogens with zero attached hydrogens (tertiary/aromatic N) is 1. The van der Waals surface area contributed by atoms with Crippen LogP contribution in [0, 0.1) is 0 Å². The molecule has 0 aliphatic carbocycles. The van der Waals surface area contributed by atoms with Crippen molar-refractivity contribution in [2.45, 2.75) is 39.7 Å². The van der Waals surface area contributed by atoms with Crippen molar-refractivity contribution in [3.8, 4) is 0 Å². The minimum absolute atomic E-state index is 0.0838. The zero-order valence-electron chi connectivity index (χ0n) is 9.39. The lowest BCUT2D eigenvalue weighted by Gasteiger charge is -2.34. The summed E-state index contributed by atoms with van der Waals surface area (Å²) in [6, 6.07) is 0. The first kappa shape index (κ1) is 12.4. The Morgan fingerprint density at radius 3 is 2.23 bits per heavy atom. The average Bonchev–Trinajstić information content (AvgIpc) is 1.94. The summed E-state index contributed by atoms with van der Waals surface area (Å²) in [7, 11) is 1.68. The third-order valence-corrected chi connectivity index (χ3v) is 1.92.